The van der Waals surface area contributed by atoms with Gasteiger partial charge in [-0.2, -0.15) is 5.26 Å². The van der Waals surface area contributed by atoms with E-state index in [0.29, 0.717) is 5.56 Å². The van der Waals surface area contributed by atoms with E-state index in [0.717, 1.165) is 6.07 Å². The number of benzene rings is 2. The maximum atomic E-state index is 13.4. The van der Waals surface area contributed by atoms with Gasteiger partial charge < -0.3 is 11.1 Å². The molecule has 0 saturated carbocycles. The third-order valence-corrected chi connectivity index (χ3v) is 2.84. The highest BCUT2D eigenvalue weighted by Crippen LogP contribution is 2.19. The number of nitrogens with one attached hydrogen (secondary N) is 1. The van der Waals surface area contributed by atoms with Crippen LogP contribution in [0, 0.1) is 28.4 Å². The van der Waals surface area contributed by atoms with Gasteiger partial charge in [0.05, 0.1) is 11.3 Å². The summed E-state index contributed by atoms with van der Waals surface area (Å²) < 4.78 is 26.4. The monoisotopic (exact) mass is 283 g/mol. The molecular weight excluding hydrogens is 272 g/mol. The van der Waals surface area contributed by atoms with Crippen LogP contribution in [0.4, 0.5) is 14.5 Å². The summed E-state index contributed by atoms with van der Waals surface area (Å²) in [6.45, 7) is 0. The zero-order valence-corrected chi connectivity index (χ0v) is 10.9. The lowest BCUT2D eigenvalue weighted by Crippen LogP contribution is -2.03. The fourth-order valence-corrected chi connectivity index (χ4v) is 1.79. The first kappa shape index (κ1) is 14.4. The van der Waals surface area contributed by atoms with Gasteiger partial charge in [0.1, 0.15) is 17.7 Å². The van der Waals surface area contributed by atoms with Crippen LogP contribution in [0.1, 0.15) is 16.7 Å². The van der Waals surface area contributed by atoms with Crippen LogP contribution in [0.5, 0.6) is 0 Å². The number of hydrogen-bond acceptors (Lipinski definition) is 3. The number of halogens is 2. The minimum absolute atomic E-state index is 0.00765. The van der Waals surface area contributed by atoms with Crippen molar-refractivity contribution in [2.45, 2.75) is 0 Å². The number of anilines is 1. The van der Waals surface area contributed by atoms with Crippen LogP contribution >= 0.6 is 0 Å². The standard InChI is InChI=1S/C16H11F2N3/c17-12-3-1-2-10(6-12)4-5-15(20)13-7-11(9-19)14(18)8-16(13)21/h1-8,20H,21H2/b5-4+,20-15?. The topological polar surface area (TPSA) is 73.7 Å². The number of nitrogen functional groups attached to an aromatic ring is 1. The molecule has 0 atom stereocenters. The van der Waals surface area contributed by atoms with Crippen LogP contribution < -0.4 is 5.73 Å². The summed E-state index contributed by atoms with van der Waals surface area (Å²) in [6.07, 6.45) is 2.96. The maximum Gasteiger partial charge on any atom is 0.143 e. The van der Waals surface area contributed by atoms with Crippen LogP contribution in [0.25, 0.3) is 6.08 Å². The molecular formula is C16H11F2N3. The highest BCUT2D eigenvalue weighted by molar-refractivity contribution is 6.12. The zero-order chi connectivity index (χ0) is 15.4. The lowest BCUT2D eigenvalue weighted by atomic mass is 10.0. The lowest BCUT2D eigenvalue weighted by Gasteiger charge is -2.05. The van der Waals surface area contributed by atoms with Crippen molar-refractivity contribution < 1.29 is 8.78 Å². The van der Waals surface area contributed by atoms with Gasteiger partial charge in [-0.05, 0) is 35.9 Å². The van der Waals surface area contributed by atoms with E-state index in [4.69, 9.17) is 16.4 Å². The molecule has 0 radical (unpaired) electrons. The maximum absolute atomic E-state index is 13.4. The Bertz CT molecular complexity index is 774. The first-order valence-corrected chi connectivity index (χ1v) is 6.03. The summed E-state index contributed by atoms with van der Waals surface area (Å²) in [5.74, 6) is -1.10. The first-order chi connectivity index (χ1) is 10.0. The van der Waals surface area contributed by atoms with Gasteiger partial charge >= 0.3 is 0 Å². The van der Waals surface area contributed by atoms with E-state index in [1.165, 1.54) is 24.3 Å². The van der Waals surface area contributed by atoms with E-state index in [1.54, 1.807) is 24.3 Å². The molecule has 2 aromatic rings. The van der Waals surface area contributed by atoms with Crippen molar-refractivity contribution in [3.05, 3.63) is 70.8 Å². The van der Waals surface area contributed by atoms with E-state index in [2.05, 4.69) is 0 Å². The van der Waals surface area contributed by atoms with Crippen LogP contribution in [-0.4, -0.2) is 5.71 Å². The predicted molar refractivity (Wildman–Crippen MR) is 77.8 cm³/mol. The number of allylic oxidation sites excluding steroid dienone is 1. The number of nitrogens with two attached hydrogens (primary N) is 1. The number of hydrogen-bond donors (Lipinski definition) is 2. The van der Waals surface area contributed by atoms with Crippen LogP contribution in [0.3, 0.4) is 0 Å². The Morgan fingerprint density at radius 1 is 1.24 bits per heavy atom. The molecule has 0 aromatic heterocycles. The molecule has 0 amide bonds. The van der Waals surface area contributed by atoms with Gasteiger partial charge in [-0.3, -0.25) is 0 Å². The van der Waals surface area contributed by atoms with Crippen LogP contribution in [-0.2, 0) is 0 Å². The molecule has 3 nitrogen and oxygen atoms in total. The van der Waals surface area contributed by atoms with Gasteiger partial charge in [0.15, 0.2) is 0 Å². The van der Waals surface area contributed by atoms with Gasteiger partial charge in [0.25, 0.3) is 0 Å². The van der Waals surface area contributed by atoms with E-state index < -0.39 is 5.82 Å². The van der Waals surface area contributed by atoms with Gasteiger partial charge in [-0.15, -0.1) is 0 Å². The van der Waals surface area contributed by atoms with Crippen molar-refractivity contribution in [2.24, 2.45) is 0 Å². The summed E-state index contributed by atoms with van der Waals surface area (Å²) in [6, 6.07) is 9.81. The number of nitriles is 1. The molecule has 3 N–H and O–H groups in total. The summed E-state index contributed by atoms with van der Waals surface area (Å²) >= 11 is 0. The molecule has 0 aliphatic carbocycles. The zero-order valence-electron chi connectivity index (χ0n) is 10.9. The Morgan fingerprint density at radius 2 is 2.00 bits per heavy atom. The van der Waals surface area contributed by atoms with E-state index >= 15 is 0 Å². The van der Waals surface area contributed by atoms with Crippen molar-refractivity contribution in [1.29, 1.82) is 10.7 Å². The normalized spacial score (nSPS) is 10.5. The number of nitrogens with zero attached hydrogens (tertiary/aromatic N) is 1. The minimum Gasteiger partial charge on any atom is -0.398 e. The summed E-state index contributed by atoms with van der Waals surface area (Å²) in [5, 5.41) is 16.7. The highest BCUT2D eigenvalue weighted by Gasteiger charge is 2.09. The third kappa shape index (κ3) is 3.31. The molecule has 104 valence electrons. The quantitative estimate of drug-likeness (QED) is 0.668. The SMILES string of the molecule is N#Cc1cc(C(=N)/C=C/c2cccc(F)c2)c(N)cc1F. The lowest BCUT2D eigenvalue weighted by molar-refractivity contribution is 0.624. The Hall–Kier alpha value is -3.00. The molecule has 0 aliphatic heterocycles. The molecule has 2 rings (SSSR count). The highest BCUT2D eigenvalue weighted by atomic mass is 19.1. The minimum atomic E-state index is -0.722. The smallest absolute Gasteiger partial charge is 0.143 e. The molecule has 0 unspecified atom stereocenters. The largest absolute Gasteiger partial charge is 0.398 e. The van der Waals surface area contributed by atoms with E-state index in [9.17, 15) is 8.78 Å². The van der Waals surface area contributed by atoms with Crippen LogP contribution in [0.2, 0.25) is 0 Å². The van der Waals surface area contributed by atoms with Crippen molar-refractivity contribution >= 4 is 17.5 Å². The second-order valence-corrected chi connectivity index (χ2v) is 4.33. The summed E-state index contributed by atoms with van der Waals surface area (Å²) in [7, 11) is 0. The molecule has 0 fully saturated rings. The van der Waals surface area contributed by atoms with Gasteiger partial charge in [0, 0.05) is 11.3 Å². The van der Waals surface area contributed by atoms with E-state index in [-0.39, 0.29) is 28.3 Å². The molecule has 21 heavy (non-hydrogen) atoms. The summed E-state index contributed by atoms with van der Waals surface area (Å²) in [4.78, 5) is 0. The third-order valence-electron chi connectivity index (χ3n) is 2.84. The Kier molecular flexibility index (Phi) is 4.10. The average molecular weight is 283 g/mol. The molecule has 2 aromatic carbocycles. The van der Waals surface area contributed by atoms with Crippen molar-refractivity contribution in [3.63, 3.8) is 0 Å². The Labute approximate surface area is 120 Å². The number of rotatable bonds is 3. The molecule has 0 heterocycles. The van der Waals surface area contributed by atoms with Gasteiger partial charge in [-0.1, -0.05) is 18.2 Å². The second-order valence-electron chi connectivity index (χ2n) is 4.33. The van der Waals surface area contributed by atoms with Crippen molar-refractivity contribution in [1.82, 2.24) is 0 Å². The molecule has 0 aliphatic rings. The molecule has 0 bridgehead atoms. The van der Waals surface area contributed by atoms with Gasteiger partial charge in [-0.25, -0.2) is 8.78 Å². The fourth-order valence-electron chi connectivity index (χ4n) is 1.79. The predicted octanol–water partition coefficient (Wildman–Crippen LogP) is 3.50. The summed E-state index contributed by atoms with van der Waals surface area (Å²) in [5.41, 5.74) is 6.39. The van der Waals surface area contributed by atoms with E-state index in [1.807, 2.05) is 0 Å². The Balaban J connectivity index is 2.31. The van der Waals surface area contributed by atoms with Crippen molar-refractivity contribution in [2.75, 3.05) is 5.73 Å². The second kappa shape index (κ2) is 5.97. The average Bonchev–Trinajstić information content (AvgIpc) is 2.45. The molecule has 0 saturated heterocycles. The molecule has 0 spiro atoms. The molecule has 5 heteroatoms. The van der Waals surface area contributed by atoms with Gasteiger partial charge in [0.2, 0.25) is 0 Å². The van der Waals surface area contributed by atoms with Crippen molar-refractivity contribution in [3.8, 4) is 6.07 Å². The first-order valence-electron chi connectivity index (χ1n) is 6.03. The van der Waals surface area contributed by atoms with Crippen LogP contribution in [0.15, 0.2) is 42.5 Å². The fraction of sp³-hybridized carbons (Fsp3) is 0. The Morgan fingerprint density at radius 3 is 2.67 bits per heavy atom.